The first-order valence-corrected chi connectivity index (χ1v) is 19.4. The average Bonchev–Trinajstić information content (AvgIpc) is 3.73. The summed E-state index contributed by atoms with van der Waals surface area (Å²) in [4.78, 5) is 37.6. The second-order valence-electron chi connectivity index (χ2n) is 15.2. The maximum Gasteiger partial charge on any atom is 0.239 e. The highest BCUT2D eigenvalue weighted by Crippen LogP contribution is 2.36. The van der Waals surface area contributed by atoms with Crippen molar-refractivity contribution in [2.24, 2.45) is 0 Å². The van der Waals surface area contributed by atoms with E-state index in [2.05, 4.69) is 46.6 Å². The molecule has 0 spiro atoms. The van der Waals surface area contributed by atoms with Crippen molar-refractivity contribution in [2.75, 3.05) is 37.6 Å². The van der Waals surface area contributed by atoms with E-state index in [0.717, 1.165) is 50.7 Å². The van der Waals surface area contributed by atoms with Crippen LogP contribution in [0.2, 0.25) is 0 Å². The minimum Gasteiger partial charge on any atom is -0.326 e. The summed E-state index contributed by atoms with van der Waals surface area (Å²) in [5.41, 5.74) is 2.17. The van der Waals surface area contributed by atoms with Gasteiger partial charge >= 0.3 is 0 Å². The second kappa shape index (κ2) is 15.5. The van der Waals surface area contributed by atoms with Gasteiger partial charge in [0.25, 0.3) is 0 Å². The summed E-state index contributed by atoms with van der Waals surface area (Å²) >= 11 is 0. The van der Waals surface area contributed by atoms with E-state index in [9.17, 15) is 0 Å². The van der Waals surface area contributed by atoms with Crippen molar-refractivity contribution in [3.05, 3.63) is 95.5 Å². The van der Waals surface area contributed by atoms with Crippen molar-refractivity contribution in [3.63, 3.8) is 0 Å². The fourth-order valence-electron chi connectivity index (χ4n) is 7.91. The molecular formula is C42H44F4N12. The Labute approximate surface area is 333 Å². The van der Waals surface area contributed by atoms with Gasteiger partial charge in [-0.1, -0.05) is 13.0 Å². The Morgan fingerprint density at radius 2 is 1.09 bits per heavy atom. The predicted molar refractivity (Wildman–Crippen MR) is 215 cm³/mol. The summed E-state index contributed by atoms with van der Waals surface area (Å²) in [5.74, 6) is -1.63. The standard InChI is InChI=1S/C42H44F4N12/c1-8-54-11-13-55(14-12-54)22-27-9-10-36(47-19-27)58(41-48-20-32(45)37(52-41)28-15-30(43)39-34(17-28)56(23(2)3)25(6)50-39)42-49-21-33(46)38(53-42)29-16-31(44)40-35(18-29)57(24(4)5)26(7)51-40/h9-10,15-21,23-24H,8,11-14,22H2,1-7H3. The molecule has 300 valence electrons. The molecule has 12 nitrogen and oxygen atoms in total. The molecule has 0 saturated carbocycles. The molecule has 7 aromatic rings. The third-order valence-electron chi connectivity index (χ3n) is 10.6. The maximum atomic E-state index is 15.8. The SMILES string of the molecule is CCN1CCN(Cc2ccc(N(c3ncc(F)c(-c4cc(F)c5nc(C)n(C(C)C)c5c4)n3)c3ncc(F)c(-c4cc(F)c5nc(C)n(C(C)C)c5c4)n3)nc2)CC1. The number of aromatic nitrogens is 9. The van der Waals surface area contributed by atoms with Gasteiger partial charge < -0.3 is 14.0 Å². The fourth-order valence-corrected chi connectivity index (χ4v) is 7.91. The number of benzene rings is 2. The average molecular weight is 793 g/mol. The van der Waals surface area contributed by atoms with Gasteiger partial charge in [-0.25, -0.2) is 57.3 Å². The molecule has 58 heavy (non-hydrogen) atoms. The molecule has 0 amide bonds. The highest BCUT2D eigenvalue weighted by Gasteiger charge is 2.26. The van der Waals surface area contributed by atoms with Gasteiger partial charge in [0.1, 0.15) is 39.9 Å². The molecule has 1 aliphatic heterocycles. The third kappa shape index (κ3) is 7.15. The van der Waals surface area contributed by atoms with E-state index in [-0.39, 0.29) is 63.3 Å². The number of rotatable bonds is 10. The Morgan fingerprint density at radius 3 is 1.52 bits per heavy atom. The van der Waals surface area contributed by atoms with Crippen molar-refractivity contribution in [2.45, 2.75) is 67.1 Å². The Hall–Kier alpha value is -5.87. The highest BCUT2D eigenvalue weighted by atomic mass is 19.1. The molecule has 1 fully saturated rings. The maximum absolute atomic E-state index is 15.8. The number of fused-ring (bicyclic) bond motifs is 2. The summed E-state index contributed by atoms with van der Waals surface area (Å²) in [6, 6.07) is 9.21. The van der Waals surface area contributed by atoms with Crippen molar-refractivity contribution < 1.29 is 17.6 Å². The molecule has 8 rings (SSSR count). The zero-order valence-corrected chi connectivity index (χ0v) is 33.5. The van der Waals surface area contributed by atoms with Crippen LogP contribution in [0.5, 0.6) is 0 Å². The topological polar surface area (TPSA) is 110 Å². The van der Waals surface area contributed by atoms with Gasteiger partial charge in [-0.15, -0.1) is 0 Å². The van der Waals surface area contributed by atoms with E-state index >= 15 is 17.6 Å². The van der Waals surface area contributed by atoms with Crippen LogP contribution in [0.4, 0.5) is 35.3 Å². The van der Waals surface area contributed by atoms with E-state index in [4.69, 9.17) is 4.98 Å². The Bertz CT molecular complexity index is 2500. The van der Waals surface area contributed by atoms with Crippen LogP contribution in [-0.2, 0) is 6.54 Å². The Morgan fingerprint density at radius 1 is 0.603 bits per heavy atom. The van der Waals surface area contributed by atoms with Gasteiger partial charge in [0.15, 0.2) is 23.3 Å². The van der Waals surface area contributed by atoms with E-state index in [1.54, 1.807) is 38.2 Å². The van der Waals surface area contributed by atoms with Crippen LogP contribution in [0.25, 0.3) is 44.6 Å². The van der Waals surface area contributed by atoms with Crippen molar-refractivity contribution >= 4 is 39.8 Å². The summed E-state index contributed by atoms with van der Waals surface area (Å²) in [5, 5.41) is 0. The number of hydrogen-bond donors (Lipinski definition) is 0. The van der Waals surface area contributed by atoms with Crippen LogP contribution < -0.4 is 4.90 Å². The van der Waals surface area contributed by atoms with Crippen LogP contribution in [0.1, 0.15) is 63.9 Å². The van der Waals surface area contributed by atoms with Gasteiger partial charge in [-0.05, 0) is 84.0 Å². The first-order valence-electron chi connectivity index (χ1n) is 19.4. The molecule has 6 heterocycles. The van der Waals surface area contributed by atoms with Gasteiger partial charge in [0.05, 0.1) is 23.4 Å². The zero-order valence-electron chi connectivity index (χ0n) is 33.5. The highest BCUT2D eigenvalue weighted by molar-refractivity contribution is 5.84. The number of likely N-dealkylation sites (N-methyl/N-ethyl adjacent to an activating group) is 1. The molecule has 0 radical (unpaired) electrons. The molecule has 0 atom stereocenters. The number of pyridine rings is 1. The first kappa shape index (κ1) is 39.0. The molecule has 0 bridgehead atoms. The van der Waals surface area contributed by atoms with Crippen LogP contribution in [-0.4, -0.2) is 86.5 Å². The lowest BCUT2D eigenvalue weighted by molar-refractivity contribution is 0.132. The van der Waals surface area contributed by atoms with Crippen molar-refractivity contribution in [3.8, 4) is 22.5 Å². The van der Waals surface area contributed by atoms with Crippen LogP contribution in [0, 0.1) is 37.1 Å². The van der Waals surface area contributed by atoms with Gasteiger partial charge in [0.2, 0.25) is 11.9 Å². The minimum absolute atomic E-state index is 0.0510. The van der Waals surface area contributed by atoms with Gasteiger partial charge in [0, 0.05) is 62.1 Å². The summed E-state index contributed by atoms with van der Waals surface area (Å²) in [6.45, 7) is 19.0. The van der Waals surface area contributed by atoms with E-state index in [1.807, 2.05) is 42.9 Å². The Balaban J connectivity index is 1.25. The molecule has 1 aliphatic rings. The molecule has 16 heteroatoms. The number of halogens is 4. The van der Waals surface area contributed by atoms with Crippen LogP contribution >= 0.6 is 0 Å². The molecule has 1 saturated heterocycles. The van der Waals surface area contributed by atoms with Crippen LogP contribution in [0.3, 0.4) is 0 Å². The molecule has 0 unspecified atom stereocenters. The lowest BCUT2D eigenvalue weighted by Gasteiger charge is -2.34. The van der Waals surface area contributed by atoms with Gasteiger partial charge in [-0.2, -0.15) is 0 Å². The zero-order chi connectivity index (χ0) is 41.0. The Kier molecular flexibility index (Phi) is 10.4. The number of nitrogens with zero attached hydrogens (tertiary/aromatic N) is 12. The van der Waals surface area contributed by atoms with Gasteiger partial charge in [-0.3, -0.25) is 4.90 Å². The molecule has 2 aromatic carbocycles. The lowest BCUT2D eigenvalue weighted by atomic mass is 10.1. The van der Waals surface area contributed by atoms with Crippen LogP contribution in [0.15, 0.2) is 55.0 Å². The predicted octanol–water partition coefficient (Wildman–Crippen LogP) is 8.64. The fraction of sp³-hybridized carbons (Fsp3) is 0.357. The number of hydrogen-bond acceptors (Lipinski definition) is 10. The summed E-state index contributed by atoms with van der Waals surface area (Å²) in [6.07, 6.45) is 3.68. The van der Waals surface area contributed by atoms with E-state index < -0.39 is 23.3 Å². The van der Waals surface area contributed by atoms with E-state index in [1.165, 1.54) is 17.0 Å². The normalized spacial score (nSPS) is 14.2. The van der Waals surface area contributed by atoms with Crippen molar-refractivity contribution in [1.29, 1.82) is 0 Å². The first-order chi connectivity index (χ1) is 27.8. The van der Waals surface area contributed by atoms with Crippen molar-refractivity contribution in [1.82, 2.24) is 53.8 Å². The minimum atomic E-state index is -0.803. The smallest absolute Gasteiger partial charge is 0.239 e. The monoisotopic (exact) mass is 792 g/mol. The third-order valence-corrected chi connectivity index (χ3v) is 10.6. The summed E-state index contributed by atoms with van der Waals surface area (Å²) < 4.78 is 66.6. The molecule has 0 aliphatic carbocycles. The number of anilines is 3. The molecule has 0 N–H and O–H groups in total. The van der Waals surface area contributed by atoms with E-state index in [0.29, 0.717) is 29.2 Å². The quantitative estimate of drug-likeness (QED) is 0.125. The number of piperazine rings is 1. The lowest BCUT2D eigenvalue weighted by Crippen LogP contribution is -2.45. The second-order valence-corrected chi connectivity index (χ2v) is 15.2. The number of imidazole rings is 2. The molecular weight excluding hydrogens is 749 g/mol. The molecule has 5 aromatic heterocycles. The largest absolute Gasteiger partial charge is 0.326 e. The summed E-state index contributed by atoms with van der Waals surface area (Å²) in [7, 11) is 0. The number of aryl methyl sites for hydroxylation is 2.